The number of carbonyl (C=O) groups is 1. The second kappa shape index (κ2) is 6.42. The number of pyridine rings is 1. The molecule has 3 N–H and O–H groups in total. The molecule has 4 rings (SSSR count). The van der Waals surface area contributed by atoms with Crippen LogP contribution in [0.1, 0.15) is 46.4 Å². The molecule has 2 aromatic carbocycles. The number of carbonyl (C=O) groups excluding carboxylic acids is 1. The van der Waals surface area contributed by atoms with E-state index in [4.69, 9.17) is 10.5 Å². The van der Waals surface area contributed by atoms with E-state index in [9.17, 15) is 9.59 Å². The average molecular weight is 348 g/mol. The molecule has 5 nitrogen and oxygen atoms in total. The summed E-state index contributed by atoms with van der Waals surface area (Å²) in [6, 6.07) is 10.5. The predicted molar refractivity (Wildman–Crippen MR) is 101 cm³/mol. The predicted octanol–water partition coefficient (Wildman–Crippen LogP) is 3.10. The summed E-state index contributed by atoms with van der Waals surface area (Å²) in [5.74, 6) is 0.494. The molecule has 132 valence electrons. The molecule has 2 heterocycles. The van der Waals surface area contributed by atoms with Gasteiger partial charge in [0, 0.05) is 23.2 Å². The Balaban J connectivity index is 1.91. The molecule has 0 bridgehead atoms. The zero-order valence-corrected chi connectivity index (χ0v) is 14.5. The molecule has 1 aliphatic rings. The summed E-state index contributed by atoms with van der Waals surface area (Å²) >= 11 is 0. The van der Waals surface area contributed by atoms with Crippen molar-refractivity contribution in [3.05, 3.63) is 75.2 Å². The highest BCUT2D eigenvalue weighted by Crippen LogP contribution is 2.36. The van der Waals surface area contributed by atoms with Crippen molar-refractivity contribution in [2.24, 2.45) is 5.73 Å². The van der Waals surface area contributed by atoms with Crippen LogP contribution in [0.15, 0.2) is 47.4 Å². The number of rotatable bonds is 3. The van der Waals surface area contributed by atoms with E-state index in [1.807, 2.05) is 13.0 Å². The van der Waals surface area contributed by atoms with Gasteiger partial charge in [-0.05, 0) is 54.5 Å². The van der Waals surface area contributed by atoms with Crippen LogP contribution in [-0.2, 0) is 6.42 Å². The lowest BCUT2D eigenvalue weighted by Gasteiger charge is -2.24. The normalized spacial score (nSPS) is 14.5. The maximum absolute atomic E-state index is 13.3. The van der Waals surface area contributed by atoms with Gasteiger partial charge in [-0.25, -0.2) is 0 Å². The van der Waals surface area contributed by atoms with Crippen LogP contribution in [0.5, 0.6) is 5.75 Å². The van der Waals surface area contributed by atoms with E-state index in [0.717, 1.165) is 24.0 Å². The quantitative estimate of drug-likeness (QED) is 0.712. The van der Waals surface area contributed by atoms with Crippen molar-refractivity contribution in [2.45, 2.75) is 25.8 Å². The molecular formula is C21H20N2O3. The fourth-order valence-electron chi connectivity index (χ4n) is 3.66. The third-order valence-electron chi connectivity index (χ3n) is 4.91. The lowest BCUT2D eigenvalue weighted by molar-refractivity contribution is 0.103. The Labute approximate surface area is 150 Å². The largest absolute Gasteiger partial charge is 0.493 e. The fourth-order valence-corrected chi connectivity index (χ4v) is 3.66. The Kier molecular flexibility index (Phi) is 4.09. The first-order valence-electron chi connectivity index (χ1n) is 8.77. The Bertz CT molecular complexity index is 1070. The van der Waals surface area contributed by atoms with Crippen molar-refractivity contribution in [3.63, 3.8) is 0 Å². The highest BCUT2D eigenvalue weighted by molar-refractivity contribution is 6.17. The molecular weight excluding hydrogens is 328 g/mol. The van der Waals surface area contributed by atoms with E-state index >= 15 is 0 Å². The Morgan fingerprint density at radius 3 is 2.81 bits per heavy atom. The SMILES string of the molecule is C[C@@H](N)c1ccc(C(=O)c2cccc3c(=O)[nH]ccc23)c2c1CCCO2. The Hall–Kier alpha value is -2.92. The maximum Gasteiger partial charge on any atom is 0.255 e. The first-order valence-corrected chi connectivity index (χ1v) is 8.77. The zero-order valence-electron chi connectivity index (χ0n) is 14.5. The molecule has 1 atom stereocenters. The molecule has 3 aromatic rings. The number of ether oxygens (including phenoxy) is 1. The highest BCUT2D eigenvalue weighted by atomic mass is 16.5. The fraction of sp³-hybridized carbons (Fsp3) is 0.238. The zero-order chi connectivity index (χ0) is 18.3. The molecule has 0 saturated carbocycles. The standard InChI is InChI=1S/C21H20N2O3/c1-12(22)13-7-8-18(20-16(13)6-3-11-26-20)19(24)15-4-2-5-17-14(15)9-10-23-21(17)25/h2,4-5,7-10,12H,3,6,11,22H2,1H3,(H,23,25)/t12-/m1/s1. The Morgan fingerprint density at radius 2 is 2.00 bits per heavy atom. The van der Waals surface area contributed by atoms with Crippen LogP contribution in [-0.4, -0.2) is 17.4 Å². The summed E-state index contributed by atoms with van der Waals surface area (Å²) in [4.78, 5) is 28.0. The number of aromatic amines is 1. The van der Waals surface area contributed by atoms with Crippen molar-refractivity contribution in [1.29, 1.82) is 0 Å². The Morgan fingerprint density at radius 1 is 1.15 bits per heavy atom. The number of hydrogen-bond donors (Lipinski definition) is 2. The van der Waals surface area contributed by atoms with Gasteiger partial charge in [0.25, 0.3) is 5.56 Å². The van der Waals surface area contributed by atoms with Crippen molar-refractivity contribution in [1.82, 2.24) is 4.98 Å². The smallest absolute Gasteiger partial charge is 0.255 e. The molecule has 0 fully saturated rings. The van der Waals surface area contributed by atoms with Gasteiger partial charge in [0.1, 0.15) is 5.75 Å². The van der Waals surface area contributed by atoms with Crippen molar-refractivity contribution >= 4 is 16.6 Å². The van der Waals surface area contributed by atoms with E-state index in [-0.39, 0.29) is 17.4 Å². The second-order valence-corrected chi connectivity index (χ2v) is 6.65. The number of nitrogens with one attached hydrogen (secondary N) is 1. The number of ketones is 1. The van der Waals surface area contributed by atoms with E-state index in [1.54, 1.807) is 36.5 Å². The van der Waals surface area contributed by atoms with Gasteiger partial charge in [-0.3, -0.25) is 9.59 Å². The molecule has 0 unspecified atom stereocenters. The number of nitrogens with two attached hydrogens (primary N) is 1. The van der Waals surface area contributed by atoms with Crippen LogP contribution in [0.25, 0.3) is 10.8 Å². The van der Waals surface area contributed by atoms with E-state index in [2.05, 4.69) is 4.98 Å². The lowest BCUT2D eigenvalue weighted by atomic mass is 9.90. The lowest BCUT2D eigenvalue weighted by Crippen LogP contribution is -2.18. The summed E-state index contributed by atoms with van der Waals surface area (Å²) in [7, 11) is 0. The third-order valence-corrected chi connectivity index (χ3v) is 4.91. The van der Waals surface area contributed by atoms with Crippen LogP contribution in [0.4, 0.5) is 0 Å². The van der Waals surface area contributed by atoms with Crippen LogP contribution in [0, 0.1) is 0 Å². The van der Waals surface area contributed by atoms with Gasteiger partial charge in [-0.1, -0.05) is 18.2 Å². The molecule has 26 heavy (non-hydrogen) atoms. The summed E-state index contributed by atoms with van der Waals surface area (Å²) in [6.45, 7) is 2.52. The van der Waals surface area contributed by atoms with Gasteiger partial charge < -0.3 is 15.5 Å². The number of aromatic nitrogens is 1. The monoisotopic (exact) mass is 348 g/mol. The van der Waals surface area contributed by atoms with Crippen molar-refractivity contribution < 1.29 is 9.53 Å². The summed E-state index contributed by atoms with van der Waals surface area (Å²) in [5, 5.41) is 1.14. The van der Waals surface area contributed by atoms with Gasteiger partial charge >= 0.3 is 0 Å². The van der Waals surface area contributed by atoms with Gasteiger partial charge in [-0.2, -0.15) is 0 Å². The van der Waals surface area contributed by atoms with Crippen molar-refractivity contribution in [2.75, 3.05) is 6.61 Å². The second-order valence-electron chi connectivity index (χ2n) is 6.65. The van der Waals surface area contributed by atoms with Gasteiger partial charge in [0.05, 0.1) is 12.2 Å². The highest BCUT2D eigenvalue weighted by Gasteiger charge is 2.25. The third kappa shape index (κ3) is 2.61. The van der Waals surface area contributed by atoms with Crippen LogP contribution < -0.4 is 16.0 Å². The van der Waals surface area contributed by atoms with E-state index in [1.165, 1.54) is 0 Å². The minimum atomic E-state index is -0.206. The number of H-pyrrole nitrogens is 1. The van der Waals surface area contributed by atoms with Crippen molar-refractivity contribution in [3.8, 4) is 5.75 Å². The van der Waals surface area contributed by atoms with Gasteiger partial charge in [0.2, 0.25) is 0 Å². The average Bonchev–Trinajstić information content (AvgIpc) is 2.66. The van der Waals surface area contributed by atoms with E-state index < -0.39 is 0 Å². The maximum atomic E-state index is 13.3. The van der Waals surface area contributed by atoms with Gasteiger partial charge in [0.15, 0.2) is 5.78 Å². The molecule has 5 heteroatoms. The number of fused-ring (bicyclic) bond motifs is 2. The topological polar surface area (TPSA) is 85.2 Å². The first kappa shape index (κ1) is 16.5. The van der Waals surface area contributed by atoms with Gasteiger partial charge in [-0.15, -0.1) is 0 Å². The minimum absolute atomic E-state index is 0.120. The summed E-state index contributed by atoms with van der Waals surface area (Å²) in [6.07, 6.45) is 3.32. The molecule has 0 radical (unpaired) electrons. The molecule has 1 aliphatic heterocycles. The molecule has 0 amide bonds. The molecule has 1 aromatic heterocycles. The first-order chi connectivity index (χ1) is 12.6. The summed E-state index contributed by atoms with van der Waals surface area (Å²) < 4.78 is 5.88. The molecule has 0 spiro atoms. The minimum Gasteiger partial charge on any atom is -0.493 e. The van der Waals surface area contributed by atoms with Crippen LogP contribution in [0.3, 0.4) is 0 Å². The summed E-state index contributed by atoms with van der Waals surface area (Å²) in [5.41, 5.74) is 8.95. The molecule has 0 saturated heterocycles. The van der Waals surface area contributed by atoms with Crippen LogP contribution in [0.2, 0.25) is 0 Å². The number of hydrogen-bond acceptors (Lipinski definition) is 4. The van der Waals surface area contributed by atoms with Crippen LogP contribution >= 0.6 is 0 Å². The number of benzene rings is 2. The molecule has 0 aliphatic carbocycles. The van der Waals surface area contributed by atoms with E-state index in [0.29, 0.717) is 34.3 Å².